The Morgan fingerprint density at radius 1 is 1.29 bits per heavy atom. The standard InChI is InChI=1S/C12H15NO/c14-12-6-7-13(9-10(12)8-12)11-4-2-1-3-5-11/h1-5,10,14H,6-9H2/t10-,12+/m1/s1. The molecule has 1 aliphatic carbocycles. The van der Waals surface area contributed by atoms with Crippen LogP contribution in [0.15, 0.2) is 30.3 Å². The van der Waals surface area contributed by atoms with Crippen molar-refractivity contribution in [3.63, 3.8) is 0 Å². The van der Waals surface area contributed by atoms with Crippen LogP contribution in [0.5, 0.6) is 0 Å². The van der Waals surface area contributed by atoms with Gasteiger partial charge in [-0.05, 0) is 25.0 Å². The Morgan fingerprint density at radius 2 is 2.07 bits per heavy atom. The molecule has 0 bridgehead atoms. The fourth-order valence-corrected chi connectivity index (χ4v) is 2.47. The number of piperidine rings is 1. The maximum absolute atomic E-state index is 9.89. The first-order valence-electron chi connectivity index (χ1n) is 5.30. The number of hydrogen-bond acceptors (Lipinski definition) is 2. The number of para-hydroxylation sites is 1. The van der Waals surface area contributed by atoms with Gasteiger partial charge in [-0.1, -0.05) is 18.2 Å². The molecule has 2 fully saturated rings. The Bertz CT molecular complexity index is 337. The normalized spacial score (nSPS) is 35.2. The highest BCUT2D eigenvalue weighted by Crippen LogP contribution is 2.49. The van der Waals surface area contributed by atoms with Crippen molar-refractivity contribution in [1.29, 1.82) is 0 Å². The van der Waals surface area contributed by atoms with Crippen molar-refractivity contribution in [3.8, 4) is 0 Å². The molecule has 74 valence electrons. The minimum atomic E-state index is -0.286. The van der Waals surface area contributed by atoms with E-state index in [0.717, 1.165) is 25.9 Å². The second kappa shape index (κ2) is 2.74. The van der Waals surface area contributed by atoms with Gasteiger partial charge >= 0.3 is 0 Å². The van der Waals surface area contributed by atoms with Crippen LogP contribution < -0.4 is 4.90 Å². The van der Waals surface area contributed by atoms with E-state index < -0.39 is 0 Å². The summed E-state index contributed by atoms with van der Waals surface area (Å²) in [5.74, 6) is 0.524. The zero-order chi connectivity index (χ0) is 9.60. The molecule has 3 rings (SSSR count). The zero-order valence-electron chi connectivity index (χ0n) is 8.19. The lowest BCUT2D eigenvalue weighted by molar-refractivity contribution is 0.114. The molecular weight excluding hydrogens is 174 g/mol. The van der Waals surface area contributed by atoms with E-state index in [1.165, 1.54) is 5.69 Å². The molecule has 0 unspecified atom stereocenters. The third-order valence-electron chi connectivity index (χ3n) is 3.58. The Morgan fingerprint density at radius 3 is 2.79 bits per heavy atom. The van der Waals surface area contributed by atoms with Crippen molar-refractivity contribution in [2.45, 2.75) is 18.4 Å². The lowest BCUT2D eigenvalue weighted by Gasteiger charge is -2.31. The van der Waals surface area contributed by atoms with Crippen LogP contribution in [0.2, 0.25) is 0 Å². The van der Waals surface area contributed by atoms with E-state index in [9.17, 15) is 5.11 Å². The second-order valence-electron chi connectivity index (χ2n) is 4.54. The monoisotopic (exact) mass is 189 g/mol. The summed E-state index contributed by atoms with van der Waals surface area (Å²) in [6, 6.07) is 10.5. The fraction of sp³-hybridized carbons (Fsp3) is 0.500. The summed E-state index contributed by atoms with van der Waals surface area (Å²) in [6.45, 7) is 2.03. The van der Waals surface area contributed by atoms with Crippen molar-refractivity contribution in [2.75, 3.05) is 18.0 Å². The molecule has 2 aliphatic rings. The number of anilines is 1. The average molecular weight is 189 g/mol. The van der Waals surface area contributed by atoms with Gasteiger partial charge in [-0.15, -0.1) is 0 Å². The van der Waals surface area contributed by atoms with Crippen LogP contribution in [-0.2, 0) is 0 Å². The molecule has 0 amide bonds. The second-order valence-corrected chi connectivity index (χ2v) is 4.54. The van der Waals surface area contributed by atoms with Gasteiger partial charge in [0.25, 0.3) is 0 Å². The first-order valence-corrected chi connectivity index (χ1v) is 5.30. The number of aliphatic hydroxyl groups is 1. The van der Waals surface area contributed by atoms with E-state index in [1.54, 1.807) is 0 Å². The zero-order valence-corrected chi connectivity index (χ0v) is 8.19. The van der Waals surface area contributed by atoms with E-state index >= 15 is 0 Å². The van der Waals surface area contributed by atoms with Crippen LogP contribution in [0.3, 0.4) is 0 Å². The summed E-state index contributed by atoms with van der Waals surface area (Å²) in [7, 11) is 0. The number of fused-ring (bicyclic) bond motifs is 1. The average Bonchev–Trinajstić information content (AvgIpc) is 2.90. The van der Waals surface area contributed by atoms with E-state index in [0.29, 0.717) is 5.92 Å². The van der Waals surface area contributed by atoms with Crippen LogP contribution in [-0.4, -0.2) is 23.8 Å². The predicted octanol–water partition coefficient (Wildman–Crippen LogP) is 1.65. The van der Waals surface area contributed by atoms with E-state index in [2.05, 4.69) is 29.2 Å². The summed E-state index contributed by atoms with van der Waals surface area (Å²) in [4.78, 5) is 2.38. The molecule has 0 radical (unpaired) electrons. The third-order valence-corrected chi connectivity index (χ3v) is 3.58. The van der Waals surface area contributed by atoms with Gasteiger partial charge in [0, 0.05) is 24.7 Å². The molecule has 1 heterocycles. The van der Waals surface area contributed by atoms with Gasteiger partial charge in [0.05, 0.1) is 5.60 Å². The lowest BCUT2D eigenvalue weighted by atomic mass is 10.1. The minimum absolute atomic E-state index is 0.286. The first-order chi connectivity index (χ1) is 6.78. The molecule has 14 heavy (non-hydrogen) atoms. The van der Waals surface area contributed by atoms with Gasteiger partial charge in [0.2, 0.25) is 0 Å². The first kappa shape index (κ1) is 8.30. The Hall–Kier alpha value is -1.02. The molecule has 1 aliphatic heterocycles. The smallest absolute Gasteiger partial charge is 0.0714 e. The van der Waals surface area contributed by atoms with Crippen LogP contribution >= 0.6 is 0 Å². The highest BCUT2D eigenvalue weighted by molar-refractivity contribution is 5.47. The molecule has 1 N–H and O–H groups in total. The van der Waals surface area contributed by atoms with Crippen LogP contribution in [0, 0.1) is 5.92 Å². The lowest BCUT2D eigenvalue weighted by Crippen LogP contribution is -2.37. The highest BCUT2D eigenvalue weighted by Gasteiger charge is 2.55. The Balaban J connectivity index is 1.76. The molecule has 1 saturated carbocycles. The maximum Gasteiger partial charge on any atom is 0.0714 e. The molecule has 0 spiro atoms. The Labute approximate surface area is 84.2 Å². The molecule has 1 aromatic rings. The van der Waals surface area contributed by atoms with Crippen molar-refractivity contribution in [2.24, 2.45) is 5.92 Å². The molecule has 1 saturated heterocycles. The number of benzene rings is 1. The van der Waals surface area contributed by atoms with Gasteiger partial charge in [0.1, 0.15) is 0 Å². The third kappa shape index (κ3) is 1.22. The quantitative estimate of drug-likeness (QED) is 0.726. The minimum Gasteiger partial charge on any atom is -0.389 e. The Kier molecular flexibility index (Phi) is 1.62. The van der Waals surface area contributed by atoms with Crippen molar-refractivity contribution in [1.82, 2.24) is 0 Å². The van der Waals surface area contributed by atoms with Crippen molar-refractivity contribution >= 4 is 5.69 Å². The summed E-state index contributed by atoms with van der Waals surface area (Å²) >= 11 is 0. The molecule has 1 aromatic carbocycles. The molecule has 2 nitrogen and oxygen atoms in total. The molecule has 2 heteroatoms. The number of hydrogen-bond donors (Lipinski definition) is 1. The van der Waals surface area contributed by atoms with E-state index in [-0.39, 0.29) is 5.60 Å². The van der Waals surface area contributed by atoms with Gasteiger partial charge < -0.3 is 10.0 Å². The fourth-order valence-electron chi connectivity index (χ4n) is 2.47. The maximum atomic E-state index is 9.89. The van der Waals surface area contributed by atoms with Gasteiger partial charge in [-0.25, -0.2) is 0 Å². The SMILES string of the molecule is O[C@]12CCN(c3ccccc3)C[C@H]1C2. The van der Waals surface area contributed by atoms with Crippen LogP contribution in [0.25, 0.3) is 0 Å². The van der Waals surface area contributed by atoms with E-state index in [4.69, 9.17) is 0 Å². The van der Waals surface area contributed by atoms with Crippen LogP contribution in [0.1, 0.15) is 12.8 Å². The summed E-state index contributed by atoms with van der Waals surface area (Å²) < 4.78 is 0. The van der Waals surface area contributed by atoms with Crippen molar-refractivity contribution in [3.05, 3.63) is 30.3 Å². The summed E-state index contributed by atoms with van der Waals surface area (Å²) in [5.41, 5.74) is 1.01. The molecule has 0 aromatic heterocycles. The highest BCUT2D eigenvalue weighted by atomic mass is 16.3. The van der Waals surface area contributed by atoms with Gasteiger partial charge in [0.15, 0.2) is 0 Å². The summed E-state index contributed by atoms with van der Waals surface area (Å²) in [5, 5.41) is 9.89. The largest absolute Gasteiger partial charge is 0.389 e. The molecule has 2 atom stereocenters. The van der Waals surface area contributed by atoms with E-state index in [1.807, 2.05) is 6.07 Å². The van der Waals surface area contributed by atoms with Crippen molar-refractivity contribution < 1.29 is 5.11 Å². The topological polar surface area (TPSA) is 23.5 Å². The number of rotatable bonds is 1. The van der Waals surface area contributed by atoms with Gasteiger partial charge in [-0.2, -0.15) is 0 Å². The predicted molar refractivity (Wildman–Crippen MR) is 56.3 cm³/mol. The number of nitrogens with zero attached hydrogens (tertiary/aromatic N) is 1. The van der Waals surface area contributed by atoms with Crippen LogP contribution in [0.4, 0.5) is 5.69 Å². The van der Waals surface area contributed by atoms with Gasteiger partial charge in [-0.3, -0.25) is 0 Å². The molecular formula is C12H15NO. The summed E-state index contributed by atoms with van der Waals surface area (Å²) in [6.07, 6.45) is 1.95.